The standard InChI is InChI=1S/C13H26N2O2/c1-5-7-12-14-8-13(16)15(12)11(10(3)4)9-17-6-2/h10-12,14H,5-9H2,1-4H3. The molecule has 0 radical (unpaired) electrons. The van der Waals surface area contributed by atoms with Gasteiger partial charge >= 0.3 is 0 Å². The Morgan fingerprint density at radius 1 is 1.47 bits per heavy atom. The molecule has 1 aliphatic heterocycles. The minimum absolute atomic E-state index is 0.189. The molecule has 1 saturated heterocycles. The molecule has 1 rings (SSSR count). The molecule has 4 heteroatoms. The third-order valence-corrected chi connectivity index (χ3v) is 3.29. The van der Waals surface area contributed by atoms with Gasteiger partial charge in [0.15, 0.2) is 0 Å². The second-order valence-corrected chi connectivity index (χ2v) is 4.96. The molecule has 0 aliphatic carbocycles. The van der Waals surface area contributed by atoms with E-state index in [1.807, 2.05) is 11.8 Å². The molecule has 1 N–H and O–H groups in total. The van der Waals surface area contributed by atoms with Gasteiger partial charge in [-0.25, -0.2) is 0 Å². The van der Waals surface area contributed by atoms with E-state index < -0.39 is 0 Å². The normalized spacial score (nSPS) is 22.5. The maximum absolute atomic E-state index is 12.0. The van der Waals surface area contributed by atoms with Crippen molar-refractivity contribution in [3.05, 3.63) is 0 Å². The average molecular weight is 242 g/mol. The van der Waals surface area contributed by atoms with Gasteiger partial charge in [-0.05, 0) is 19.3 Å². The van der Waals surface area contributed by atoms with Gasteiger partial charge in [0.2, 0.25) is 5.91 Å². The Bertz CT molecular complexity index is 244. The molecule has 0 aromatic carbocycles. The van der Waals surface area contributed by atoms with Crippen LogP contribution >= 0.6 is 0 Å². The summed E-state index contributed by atoms with van der Waals surface area (Å²) in [6, 6.07) is 0.189. The van der Waals surface area contributed by atoms with Crippen LogP contribution in [-0.2, 0) is 9.53 Å². The molecular weight excluding hydrogens is 216 g/mol. The Hall–Kier alpha value is -0.610. The van der Waals surface area contributed by atoms with Gasteiger partial charge in [0.1, 0.15) is 0 Å². The van der Waals surface area contributed by atoms with Gasteiger partial charge in [0.05, 0.1) is 25.4 Å². The molecule has 0 spiro atoms. The van der Waals surface area contributed by atoms with Crippen molar-refractivity contribution in [2.45, 2.75) is 52.7 Å². The molecule has 1 aliphatic rings. The van der Waals surface area contributed by atoms with Gasteiger partial charge in [-0.1, -0.05) is 27.2 Å². The first-order valence-corrected chi connectivity index (χ1v) is 6.74. The van der Waals surface area contributed by atoms with Crippen LogP contribution in [0.15, 0.2) is 0 Å². The second kappa shape index (κ2) is 6.97. The Labute approximate surface area is 105 Å². The maximum Gasteiger partial charge on any atom is 0.238 e. The molecule has 100 valence electrons. The zero-order chi connectivity index (χ0) is 12.8. The summed E-state index contributed by atoms with van der Waals surface area (Å²) in [5.74, 6) is 0.631. The summed E-state index contributed by atoms with van der Waals surface area (Å²) in [6.07, 6.45) is 2.29. The van der Waals surface area contributed by atoms with E-state index in [1.165, 1.54) is 0 Å². The molecule has 2 unspecified atom stereocenters. The summed E-state index contributed by atoms with van der Waals surface area (Å²) in [7, 11) is 0. The van der Waals surface area contributed by atoms with Crippen LogP contribution in [0.4, 0.5) is 0 Å². The topological polar surface area (TPSA) is 41.6 Å². The number of hydrogen-bond acceptors (Lipinski definition) is 3. The highest BCUT2D eigenvalue weighted by Gasteiger charge is 2.36. The van der Waals surface area contributed by atoms with Gasteiger partial charge in [0, 0.05) is 6.61 Å². The number of carbonyl (C=O) groups excluding carboxylic acids is 1. The number of carbonyl (C=O) groups is 1. The van der Waals surface area contributed by atoms with E-state index in [1.54, 1.807) is 0 Å². The van der Waals surface area contributed by atoms with E-state index in [-0.39, 0.29) is 18.1 Å². The van der Waals surface area contributed by atoms with Crippen molar-refractivity contribution >= 4 is 5.91 Å². The molecule has 4 nitrogen and oxygen atoms in total. The van der Waals surface area contributed by atoms with Gasteiger partial charge in [-0.3, -0.25) is 10.1 Å². The van der Waals surface area contributed by atoms with Crippen LogP contribution in [0.2, 0.25) is 0 Å². The highest BCUT2D eigenvalue weighted by molar-refractivity contribution is 5.81. The largest absolute Gasteiger partial charge is 0.380 e. The molecule has 2 atom stereocenters. The zero-order valence-corrected chi connectivity index (χ0v) is 11.5. The van der Waals surface area contributed by atoms with E-state index >= 15 is 0 Å². The van der Waals surface area contributed by atoms with E-state index in [4.69, 9.17) is 4.74 Å². The lowest BCUT2D eigenvalue weighted by Crippen LogP contribution is -2.49. The predicted octanol–water partition coefficient (Wildman–Crippen LogP) is 1.61. The van der Waals surface area contributed by atoms with Gasteiger partial charge < -0.3 is 9.64 Å². The Kier molecular flexibility index (Phi) is 5.92. The van der Waals surface area contributed by atoms with Crippen LogP contribution in [0.3, 0.4) is 0 Å². The van der Waals surface area contributed by atoms with Crippen molar-refractivity contribution in [2.24, 2.45) is 5.92 Å². The summed E-state index contributed by atoms with van der Waals surface area (Å²) >= 11 is 0. The van der Waals surface area contributed by atoms with E-state index in [2.05, 4.69) is 26.1 Å². The number of nitrogens with zero attached hydrogens (tertiary/aromatic N) is 1. The smallest absolute Gasteiger partial charge is 0.238 e. The van der Waals surface area contributed by atoms with Gasteiger partial charge in [-0.2, -0.15) is 0 Å². The highest BCUT2D eigenvalue weighted by atomic mass is 16.5. The lowest BCUT2D eigenvalue weighted by atomic mass is 10.0. The second-order valence-electron chi connectivity index (χ2n) is 4.96. The summed E-state index contributed by atoms with van der Waals surface area (Å²) < 4.78 is 5.52. The van der Waals surface area contributed by atoms with Crippen molar-refractivity contribution in [1.82, 2.24) is 10.2 Å². The number of hydrogen-bond donors (Lipinski definition) is 1. The maximum atomic E-state index is 12.0. The monoisotopic (exact) mass is 242 g/mol. The first kappa shape index (κ1) is 14.5. The van der Waals surface area contributed by atoms with Crippen molar-refractivity contribution in [2.75, 3.05) is 19.8 Å². The predicted molar refractivity (Wildman–Crippen MR) is 68.7 cm³/mol. The summed E-state index contributed by atoms with van der Waals surface area (Å²) in [5, 5.41) is 3.29. The van der Waals surface area contributed by atoms with Crippen LogP contribution in [0.1, 0.15) is 40.5 Å². The molecule has 17 heavy (non-hydrogen) atoms. The van der Waals surface area contributed by atoms with E-state index in [9.17, 15) is 4.79 Å². The number of ether oxygens (including phenoxy) is 1. The first-order valence-electron chi connectivity index (χ1n) is 6.74. The van der Waals surface area contributed by atoms with Crippen molar-refractivity contribution < 1.29 is 9.53 Å². The van der Waals surface area contributed by atoms with E-state index in [0.29, 0.717) is 25.7 Å². The molecule has 1 amide bonds. The van der Waals surface area contributed by atoms with Crippen LogP contribution < -0.4 is 5.32 Å². The van der Waals surface area contributed by atoms with Crippen LogP contribution in [0.5, 0.6) is 0 Å². The molecule has 0 aromatic heterocycles. The number of rotatable bonds is 7. The first-order chi connectivity index (χ1) is 8.11. The summed E-state index contributed by atoms with van der Waals surface area (Å²) in [5.41, 5.74) is 0. The molecule has 1 heterocycles. The van der Waals surface area contributed by atoms with Crippen molar-refractivity contribution in [1.29, 1.82) is 0 Å². The Morgan fingerprint density at radius 2 is 2.18 bits per heavy atom. The van der Waals surface area contributed by atoms with Crippen LogP contribution in [-0.4, -0.2) is 42.8 Å². The summed E-state index contributed by atoms with van der Waals surface area (Å²) in [4.78, 5) is 14.0. The Morgan fingerprint density at radius 3 is 2.71 bits per heavy atom. The number of amides is 1. The van der Waals surface area contributed by atoms with Crippen molar-refractivity contribution in [3.63, 3.8) is 0 Å². The Balaban J connectivity index is 2.71. The number of nitrogens with one attached hydrogen (secondary N) is 1. The molecule has 0 saturated carbocycles. The fourth-order valence-electron chi connectivity index (χ4n) is 2.33. The van der Waals surface area contributed by atoms with Gasteiger partial charge in [-0.15, -0.1) is 0 Å². The van der Waals surface area contributed by atoms with Crippen LogP contribution in [0, 0.1) is 5.92 Å². The zero-order valence-electron chi connectivity index (χ0n) is 11.5. The van der Waals surface area contributed by atoms with E-state index in [0.717, 1.165) is 12.8 Å². The van der Waals surface area contributed by atoms with Crippen LogP contribution in [0.25, 0.3) is 0 Å². The molecule has 1 fully saturated rings. The fraction of sp³-hybridized carbons (Fsp3) is 0.923. The third kappa shape index (κ3) is 3.68. The SMILES string of the molecule is CCCC1NCC(=O)N1C(COCC)C(C)C. The van der Waals surface area contributed by atoms with Crippen molar-refractivity contribution in [3.8, 4) is 0 Å². The average Bonchev–Trinajstić information content (AvgIpc) is 2.62. The minimum Gasteiger partial charge on any atom is -0.380 e. The molecule has 0 aromatic rings. The minimum atomic E-state index is 0.189. The molecular formula is C13H26N2O2. The van der Waals surface area contributed by atoms with Gasteiger partial charge in [0.25, 0.3) is 0 Å². The summed E-state index contributed by atoms with van der Waals surface area (Å²) in [6.45, 7) is 10.3. The lowest BCUT2D eigenvalue weighted by molar-refractivity contribution is -0.133. The molecule has 0 bridgehead atoms. The quantitative estimate of drug-likeness (QED) is 0.737. The lowest BCUT2D eigenvalue weighted by Gasteiger charge is -2.35. The highest BCUT2D eigenvalue weighted by Crippen LogP contribution is 2.20. The third-order valence-electron chi connectivity index (χ3n) is 3.29. The fourth-order valence-corrected chi connectivity index (χ4v) is 2.33.